The second kappa shape index (κ2) is 40.9. The number of unbranched alkanes of at least 4 members (excludes halogenated alkanes) is 27. The van der Waals surface area contributed by atoms with Crippen molar-refractivity contribution in [2.75, 3.05) is 40.5 Å². The van der Waals surface area contributed by atoms with Crippen molar-refractivity contribution in [2.24, 2.45) is 0 Å². The highest BCUT2D eigenvalue weighted by atomic mass is 31.2. The molecule has 0 amide bonds. The summed E-state index contributed by atoms with van der Waals surface area (Å²) in [5.41, 5.74) is 0. The average molecular weight is 802 g/mol. The number of likely N-dealkylation sites (N-methyl/N-ethyl adjacent to an activating group) is 1. The quantitative estimate of drug-likeness (QED) is 0.0279. The molecule has 9 nitrogen and oxygen atoms in total. The Balaban J connectivity index is 4.23. The van der Waals surface area contributed by atoms with Crippen molar-refractivity contribution in [3.05, 3.63) is 12.2 Å². The van der Waals surface area contributed by atoms with Gasteiger partial charge in [-0.1, -0.05) is 180 Å². The van der Waals surface area contributed by atoms with Gasteiger partial charge in [0.15, 0.2) is 6.10 Å². The van der Waals surface area contributed by atoms with E-state index in [9.17, 15) is 19.0 Å². The Morgan fingerprint density at radius 2 is 0.927 bits per heavy atom. The fourth-order valence-electron chi connectivity index (χ4n) is 6.51. The molecule has 2 atom stereocenters. The molecule has 55 heavy (non-hydrogen) atoms. The lowest BCUT2D eigenvalue weighted by molar-refractivity contribution is -0.161. The highest BCUT2D eigenvalue weighted by Crippen LogP contribution is 2.43. The Labute approximate surface area is 339 Å². The zero-order valence-corrected chi connectivity index (χ0v) is 37.3. The third-order valence-corrected chi connectivity index (χ3v) is 11.1. The minimum absolute atomic E-state index is 0.00898. The zero-order valence-electron chi connectivity index (χ0n) is 36.4. The number of esters is 2. The van der Waals surface area contributed by atoms with Gasteiger partial charge in [0.05, 0.1) is 13.2 Å². The van der Waals surface area contributed by atoms with Crippen molar-refractivity contribution in [1.82, 2.24) is 4.90 Å². The molecule has 10 heteroatoms. The van der Waals surface area contributed by atoms with Crippen molar-refractivity contribution < 1.29 is 37.6 Å². The van der Waals surface area contributed by atoms with Crippen LogP contribution in [0.2, 0.25) is 0 Å². The molecule has 0 aromatic rings. The Kier molecular flexibility index (Phi) is 40.0. The van der Waals surface area contributed by atoms with Crippen LogP contribution in [0.1, 0.15) is 219 Å². The summed E-state index contributed by atoms with van der Waals surface area (Å²) in [5, 5.41) is 0. The summed E-state index contributed by atoms with van der Waals surface area (Å²) in [6.07, 6.45) is 41.1. The first-order chi connectivity index (χ1) is 26.7. The van der Waals surface area contributed by atoms with Gasteiger partial charge in [-0.2, -0.15) is 0 Å². The first-order valence-corrected chi connectivity index (χ1v) is 24.5. The van der Waals surface area contributed by atoms with Crippen LogP contribution >= 0.6 is 7.82 Å². The van der Waals surface area contributed by atoms with Crippen LogP contribution in [0.15, 0.2) is 12.2 Å². The van der Waals surface area contributed by atoms with Gasteiger partial charge in [-0.3, -0.25) is 18.6 Å². The normalized spacial score (nSPS) is 13.4. The topological polar surface area (TPSA) is 112 Å². The molecule has 1 N–H and O–H groups in total. The first kappa shape index (κ1) is 53.8. The Hall–Kier alpha value is -1.25. The van der Waals surface area contributed by atoms with E-state index in [1.165, 1.54) is 135 Å². The number of carbonyl (C=O) groups is 2. The van der Waals surface area contributed by atoms with Crippen LogP contribution in [-0.2, 0) is 32.7 Å². The molecule has 0 spiro atoms. The number of nitrogens with zero attached hydrogens (tertiary/aromatic N) is 1. The molecule has 0 radical (unpaired) electrons. The third-order valence-electron chi connectivity index (χ3n) is 10.1. The first-order valence-electron chi connectivity index (χ1n) is 23.0. The molecule has 0 bridgehead atoms. The Morgan fingerprint density at radius 3 is 1.35 bits per heavy atom. The maximum atomic E-state index is 12.7. The van der Waals surface area contributed by atoms with Crippen molar-refractivity contribution in [2.45, 2.75) is 225 Å². The Bertz CT molecular complexity index is 931. The summed E-state index contributed by atoms with van der Waals surface area (Å²) in [5.74, 6) is -0.801. The Morgan fingerprint density at radius 1 is 0.545 bits per heavy atom. The van der Waals surface area contributed by atoms with Gasteiger partial charge >= 0.3 is 19.8 Å². The maximum absolute atomic E-state index is 12.7. The largest absolute Gasteiger partial charge is 0.472 e. The SMILES string of the molecule is CCCCCCCC/C=C\CCCCCCCC(=O)OC(COC(=O)CCCCCCCCCCCCCCCCCCC)COP(=O)(O)OCCN(C)C. The summed E-state index contributed by atoms with van der Waals surface area (Å²) in [6.45, 7) is 4.34. The van der Waals surface area contributed by atoms with Crippen LogP contribution in [-0.4, -0.2) is 68.3 Å². The van der Waals surface area contributed by atoms with E-state index in [1.54, 1.807) is 0 Å². The van der Waals surface area contributed by atoms with Crippen LogP contribution in [0.4, 0.5) is 0 Å². The molecule has 0 aromatic carbocycles. The van der Waals surface area contributed by atoms with Gasteiger partial charge in [0.25, 0.3) is 0 Å². The molecule has 0 heterocycles. The predicted molar refractivity (Wildman–Crippen MR) is 229 cm³/mol. The second-order valence-corrected chi connectivity index (χ2v) is 17.4. The molecule has 326 valence electrons. The third kappa shape index (κ3) is 42.2. The van der Waals surface area contributed by atoms with Crippen LogP contribution in [0, 0.1) is 0 Å². The number of phosphoric acid groups is 1. The zero-order chi connectivity index (χ0) is 40.5. The fourth-order valence-corrected chi connectivity index (χ4v) is 7.25. The number of rotatable bonds is 43. The molecule has 0 fully saturated rings. The van der Waals surface area contributed by atoms with Crippen LogP contribution < -0.4 is 0 Å². The van der Waals surface area contributed by atoms with Gasteiger partial charge in [-0.05, 0) is 52.6 Å². The highest BCUT2D eigenvalue weighted by Gasteiger charge is 2.26. The van der Waals surface area contributed by atoms with Crippen molar-refractivity contribution in [1.29, 1.82) is 0 Å². The van der Waals surface area contributed by atoms with Crippen molar-refractivity contribution >= 4 is 19.8 Å². The van der Waals surface area contributed by atoms with E-state index < -0.39 is 26.5 Å². The molecule has 0 rings (SSSR count). The molecule has 0 saturated heterocycles. The number of hydrogen-bond donors (Lipinski definition) is 1. The summed E-state index contributed by atoms with van der Waals surface area (Å²) in [4.78, 5) is 37.1. The number of hydrogen-bond acceptors (Lipinski definition) is 8. The lowest BCUT2D eigenvalue weighted by Gasteiger charge is -2.20. The van der Waals surface area contributed by atoms with Gasteiger partial charge in [0.2, 0.25) is 0 Å². The molecule has 0 aliphatic rings. The van der Waals surface area contributed by atoms with Gasteiger partial charge in [-0.25, -0.2) is 4.57 Å². The standard InChI is InChI=1S/C45H88NO8P/c1-5-7-9-11-13-15-17-19-21-22-24-25-27-29-31-33-35-37-44(47)51-41-43(42-53-55(49,50)52-40-39-46(3)4)54-45(48)38-36-34-32-30-28-26-23-20-18-16-14-12-10-8-6-2/h20,23,43H,5-19,21-22,24-42H2,1-4H3,(H,49,50)/b23-20-. The molecule has 0 aromatic heterocycles. The van der Waals surface area contributed by atoms with E-state index in [0.29, 0.717) is 19.4 Å². The lowest BCUT2D eigenvalue weighted by Crippen LogP contribution is -2.29. The van der Waals surface area contributed by atoms with Gasteiger partial charge < -0.3 is 19.3 Å². The van der Waals surface area contributed by atoms with E-state index in [2.05, 4.69) is 26.0 Å². The van der Waals surface area contributed by atoms with Gasteiger partial charge in [0, 0.05) is 19.4 Å². The van der Waals surface area contributed by atoms with E-state index in [0.717, 1.165) is 51.4 Å². The van der Waals surface area contributed by atoms with Crippen LogP contribution in [0.25, 0.3) is 0 Å². The summed E-state index contributed by atoms with van der Waals surface area (Å²) < 4.78 is 33.5. The second-order valence-electron chi connectivity index (χ2n) is 15.9. The van der Waals surface area contributed by atoms with E-state index in [1.807, 2.05) is 19.0 Å². The molecule has 0 saturated carbocycles. The summed E-state index contributed by atoms with van der Waals surface area (Å²) in [7, 11) is -0.706. The average Bonchev–Trinajstić information content (AvgIpc) is 3.15. The monoisotopic (exact) mass is 802 g/mol. The molecular weight excluding hydrogens is 713 g/mol. The van der Waals surface area contributed by atoms with Gasteiger partial charge in [0.1, 0.15) is 6.61 Å². The minimum Gasteiger partial charge on any atom is -0.462 e. The van der Waals surface area contributed by atoms with Crippen LogP contribution in [0.3, 0.4) is 0 Å². The smallest absolute Gasteiger partial charge is 0.462 e. The summed E-state index contributed by atoms with van der Waals surface area (Å²) >= 11 is 0. The van der Waals surface area contributed by atoms with Gasteiger partial charge in [-0.15, -0.1) is 0 Å². The molecule has 0 aliphatic carbocycles. The number of carbonyl (C=O) groups excluding carboxylic acids is 2. The number of allylic oxidation sites excluding steroid dienone is 2. The molecule has 2 unspecified atom stereocenters. The number of phosphoric ester groups is 1. The number of ether oxygens (including phenoxy) is 2. The molecule has 0 aliphatic heterocycles. The summed E-state index contributed by atoms with van der Waals surface area (Å²) in [6, 6.07) is 0. The molecular formula is C45H88NO8P. The van der Waals surface area contributed by atoms with Crippen molar-refractivity contribution in [3.63, 3.8) is 0 Å². The predicted octanol–water partition coefficient (Wildman–Crippen LogP) is 13.2. The fraction of sp³-hybridized carbons (Fsp3) is 0.911. The lowest BCUT2D eigenvalue weighted by atomic mass is 10.0. The van der Waals surface area contributed by atoms with E-state index in [-0.39, 0.29) is 25.6 Å². The maximum Gasteiger partial charge on any atom is 0.472 e. The minimum atomic E-state index is -4.36. The van der Waals surface area contributed by atoms with E-state index >= 15 is 0 Å². The van der Waals surface area contributed by atoms with E-state index in [4.69, 9.17) is 18.5 Å². The van der Waals surface area contributed by atoms with Crippen molar-refractivity contribution in [3.8, 4) is 0 Å². The highest BCUT2D eigenvalue weighted by molar-refractivity contribution is 7.47. The van der Waals surface area contributed by atoms with Crippen LogP contribution in [0.5, 0.6) is 0 Å².